The second-order valence-corrected chi connectivity index (χ2v) is 35.4. The van der Waals surface area contributed by atoms with Gasteiger partial charge >= 0.3 is 17.9 Å². The molecule has 74 heavy (non-hydrogen) atoms. The molecule has 17 atom stereocenters. The average Bonchev–Trinajstić information content (AvgIpc) is 3.37. The Labute approximate surface area is 452 Å². The second kappa shape index (κ2) is 27.0. The van der Waals surface area contributed by atoms with Gasteiger partial charge in [0.1, 0.15) is 30.2 Å². The molecular weight excluding hydrogens is 1000 g/mol. The number of carbonyl (C=O) groups is 3. The van der Waals surface area contributed by atoms with E-state index in [1.807, 2.05) is 71.2 Å². The number of fused-ring (bicyclic) bond motifs is 3. The molecule has 2 bridgehead atoms. The van der Waals surface area contributed by atoms with Gasteiger partial charge in [-0.15, -0.1) is 11.8 Å². The van der Waals surface area contributed by atoms with Crippen LogP contribution in [0, 0.1) is 17.8 Å². The fourth-order valence-electron chi connectivity index (χ4n) is 9.85. The zero-order valence-corrected chi connectivity index (χ0v) is 52.2. The minimum absolute atomic E-state index is 0.0519. The van der Waals surface area contributed by atoms with Gasteiger partial charge in [0.2, 0.25) is 0 Å². The minimum Gasteiger partial charge on any atom is -0.462 e. The summed E-state index contributed by atoms with van der Waals surface area (Å²) in [7, 11) is 0.609. The van der Waals surface area contributed by atoms with Crippen molar-refractivity contribution in [1.82, 2.24) is 4.90 Å². The zero-order valence-electron chi connectivity index (χ0n) is 49.3. The summed E-state index contributed by atoms with van der Waals surface area (Å²) < 4.78 is 80.6. The number of carbonyl (C=O) groups excluding carboxylic acids is 3. The summed E-state index contributed by atoms with van der Waals surface area (Å²) in [6.45, 7) is 37.0. The Morgan fingerprint density at radius 1 is 0.838 bits per heavy atom. The van der Waals surface area contributed by atoms with Gasteiger partial charge < -0.3 is 61.1 Å². The van der Waals surface area contributed by atoms with Gasteiger partial charge in [-0.1, -0.05) is 86.6 Å². The van der Waals surface area contributed by atoms with Crippen molar-refractivity contribution < 1.29 is 70.6 Å². The molecule has 0 spiro atoms. The normalized spacial score (nSPS) is 37.3. The molecule has 0 radical (unpaired) electrons. The highest BCUT2D eigenvalue weighted by molar-refractivity contribution is 7.98. The fraction of sp³-hybridized carbons (Fsp3) is 0.873. The van der Waals surface area contributed by atoms with E-state index in [0.717, 1.165) is 0 Å². The third kappa shape index (κ3) is 17.1. The maximum absolute atomic E-state index is 14.0. The van der Waals surface area contributed by atoms with Gasteiger partial charge in [0.25, 0.3) is 0 Å². The van der Waals surface area contributed by atoms with Crippen molar-refractivity contribution in [2.24, 2.45) is 17.8 Å². The van der Waals surface area contributed by atoms with E-state index in [1.54, 1.807) is 21.0 Å². The Kier molecular flexibility index (Phi) is 23.6. The first kappa shape index (κ1) is 64.8. The van der Waals surface area contributed by atoms with E-state index in [-0.39, 0.29) is 52.7 Å². The molecule has 0 aromatic carbocycles. The van der Waals surface area contributed by atoms with E-state index in [4.69, 9.17) is 56.2 Å². The van der Waals surface area contributed by atoms with Crippen LogP contribution in [0.2, 0.25) is 36.3 Å². The van der Waals surface area contributed by atoms with Crippen LogP contribution in [0.15, 0.2) is 24.3 Å². The first-order chi connectivity index (χ1) is 34.1. The standard InChI is InChI=1S/C55H99NO15SSi2/c1-33(2)51(59)69-50-37(6)63-44(31-55(50,14)61-32-72-18)67-46-36(5)64-52(49(65-38(7)57)45(46)56(15)16)68-47-39-28-34(3)40(70-73(19,20)53(8,9)10)27-25-23-24-26-35(4)62-42(58)30-41(48(47)60-17)66-43(29-39)71-74(21,22)54(11,12)13/h23-25,27,33-37,39-41,43-50,52H,26,28-32H2,1-22H3/b24-23+,27-25+/t34-,35-,36-,37+,39-,40+,41-,43?,44+,45+,46-,47+,48+,49-,50+,52+,55-/m1/s1. The molecular formula is C55H99NO15SSi2. The number of esters is 3. The summed E-state index contributed by atoms with van der Waals surface area (Å²) in [5.74, 6) is -1.68. The summed E-state index contributed by atoms with van der Waals surface area (Å²) in [5, 5.41) is -0.213. The molecule has 0 aliphatic carbocycles. The Morgan fingerprint density at radius 2 is 1.47 bits per heavy atom. The van der Waals surface area contributed by atoms with Crippen molar-refractivity contribution in [2.45, 2.75) is 257 Å². The van der Waals surface area contributed by atoms with Crippen LogP contribution in [-0.4, -0.2) is 164 Å². The van der Waals surface area contributed by atoms with E-state index in [9.17, 15) is 14.4 Å². The lowest BCUT2D eigenvalue weighted by molar-refractivity contribution is -0.346. The Balaban J connectivity index is 1.86. The summed E-state index contributed by atoms with van der Waals surface area (Å²) in [6.07, 6.45) is 2.13. The van der Waals surface area contributed by atoms with Gasteiger partial charge in [0.05, 0.1) is 54.8 Å². The monoisotopic (exact) mass is 1100 g/mol. The largest absolute Gasteiger partial charge is 0.462 e. The first-order valence-corrected chi connectivity index (χ1v) is 34.2. The lowest BCUT2D eigenvalue weighted by Crippen LogP contribution is -2.66. The molecule has 0 N–H and O–H groups in total. The van der Waals surface area contributed by atoms with Gasteiger partial charge in [-0.3, -0.25) is 14.4 Å². The van der Waals surface area contributed by atoms with Gasteiger partial charge in [-0.2, -0.15) is 0 Å². The highest BCUT2D eigenvalue weighted by Crippen LogP contribution is 2.45. The lowest BCUT2D eigenvalue weighted by Gasteiger charge is -2.51. The molecule has 4 heterocycles. The van der Waals surface area contributed by atoms with Crippen molar-refractivity contribution in [3.63, 3.8) is 0 Å². The molecule has 3 fully saturated rings. The first-order valence-electron chi connectivity index (χ1n) is 27.0. The van der Waals surface area contributed by atoms with E-state index in [2.05, 4.69) is 80.7 Å². The van der Waals surface area contributed by atoms with E-state index in [0.29, 0.717) is 25.2 Å². The highest BCUT2D eigenvalue weighted by Gasteiger charge is 2.56. The highest BCUT2D eigenvalue weighted by atomic mass is 32.2. The number of hydrogen-bond acceptors (Lipinski definition) is 17. The number of methoxy groups -OCH3 is 1. The van der Waals surface area contributed by atoms with Crippen molar-refractivity contribution >= 4 is 46.3 Å². The number of ether oxygens (including phenoxy) is 10. The fourth-order valence-corrected chi connectivity index (χ4v) is 12.7. The van der Waals surface area contributed by atoms with Crippen LogP contribution in [-0.2, 0) is 70.6 Å². The number of cyclic esters (lactones) is 1. The number of nitrogens with zero attached hydrogens (tertiary/aromatic N) is 1. The number of thioether (sulfide) groups is 1. The van der Waals surface area contributed by atoms with Gasteiger partial charge in [-0.25, -0.2) is 0 Å². The summed E-state index contributed by atoms with van der Waals surface area (Å²) >= 11 is 1.52. The third-order valence-electron chi connectivity index (χ3n) is 16.1. The molecule has 0 saturated carbocycles. The topological polar surface area (TPSA) is 165 Å². The SMILES string of the molecule is CO[C@@H]1[C@@H](O[C@@H]2O[C@H](C)[C@@H](O[C@H]3C[C@@](C)(OCSC)[C@@H](OC(=O)C(C)C)[C@H](C)O3)[C@H](N(C)C)[C@H]2OC(C)=O)[C@H]2CC(O[Si](C)(C)C(C)(C)C)O[C@@H]1CC(=O)O[C@H](C)C/C=C/C=C/[C@H](O[Si](C)(C)C(C)(C)C)[C@H](C)C2. The van der Waals surface area contributed by atoms with Crippen LogP contribution in [0.5, 0.6) is 0 Å². The number of allylic oxidation sites excluding steroid dienone is 2. The smallest absolute Gasteiger partial charge is 0.308 e. The molecule has 428 valence electrons. The number of hydrogen-bond donors (Lipinski definition) is 0. The van der Waals surface area contributed by atoms with E-state index in [1.165, 1.54) is 18.7 Å². The second-order valence-electron chi connectivity index (χ2n) is 25.1. The summed E-state index contributed by atoms with van der Waals surface area (Å²) in [6, 6.07) is -0.630. The predicted molar refractivity (Wildman–Crippen MR) is 293 cm³/mol. The van der Waals surface area contributed by atoms with E-state index < -0.39 is 114 Å². The molecule has 16 nitrogen and oxygen atoms in total. The van der Waals surface area contributed by atoms with Gasteiger partial charge in [-0.05, 0) is 103 Å². The molecule has 0 aromatic heterocycles. The van der Waals surface area contributed by atoms with Gasteiger partial charge in [0.15, 0.2) is 41.4 Å². The molecule has 3 saturated heterocycles. The summed E-state index contributed by atoms with van der Waals surface area (Å²) in [4.78, 5) is 42.3. The predicted octanol–water partition coefficient (Wildman–Crippen LogP) is 10.2. The maximum atomic E-state index is 14.0. The van der Waals surface area contributed by atoms with E-state index >= 15 is 0 Å². The Morgan fingerprint density at radius 3 is 2.04 bits per heavy atom. The van der Waals surface area contributed by atoms with Crippen molar-refractivity contribution in [3.05, 3.63) is 24.3 Å². The molecule has 19 heteroatoms. The lowest BCUT2D eigenvalue weighted by atomic mass is 9.83. The molecule has 4 aliphatic heterocycles. The maximum Gasteiger partial charge on any atom is 0.308 e. The van der Waals surface area contributed by atoms with Crippen LogP contribution in [0.3, 0.4) is 0 Å². The molecule has 0 amide bonds. The Bertz CT molecular complexity index is 1870. The van der Waals surface area contributed by atoms with Crippen LogP contribution < -0.4 is 0 Å². The molecule has 0 aromatic rings. The zero-order chi connectivity index (χ0) is 55.9. The summed E-state index contributed by atoms with van der Waals surface area (Å²) in [5.41, 5.74) is -0.961. The van der Waals surface area contributed by atoms with Crippen molar-refractivity contribution in [2.75, 3.05) is 33.4 Å². The van der Waals surface area contributed by atoms with Crippen LogP contribution >= 0.6 is 11.8 Å². The average molecular weight is 1100 g/mol. The minimum atomic E-state index is -2.49. The van der Waals surface area contributed by atoms with Crippen LogP contribution in [0.1, 0.15) is 129 Å². The molecule has 4 aliphatic rings. The number of likely N-dealkylation sites (N-methyl/N-ethyl adjacent to an activating group) is 1. The third-order valence-corrected chi connectivity index (χ3v) is 25.4. The number of rotatable bonds is 16. The molecule has 4 rings (SSSR count). The van der Waals surface area contributed by atoms with Crippen molar-refractivity contribution in [1.29, 1.82) is 0 Å². The quantitative estimate of drug-likeness (QED) is 0.0620. The molecule has 1 unspecified atom stereocenters. The van der Waals surface area contributed by atoms with Gasteiger partial charge in [0, 0.05) is 33.3 Å². The van der Waals surface area contributed by atoms with Crippen molar-refractivity contribution in [3.8, 4) is 0 Å². The van der Waals surface area contributed by atoms with Crippen LogP contribution in [0.25, 0.3) is 0 Å². The van der Waals surface area contributed by atoms with Crippen LogP contribution in [0.4, 0.5) is 0 Å². The Hall–Kier alpha value is -1.73.